The number of nitrogens with one attached hydrogen (secondary N) is 4. The average molecular weight is 814 g/mol. The number of guanidine groups is 1. The Morgan fingerprint density at radius 3 is 1.67 bits per heavy atom. The molecular weight excluding hydrogens is 750 g/mol. The summed E-state index contributed by atoms with van der Waals surface area (Å²) >= 11 is 0. The minimum absolute atomic E-state index is 0.280. The molecule has 0 saturated carbocycles. The Labute approximate surface area is 335 Å². The maximum atomic E-state index is 13.1. The van der Waals surface area contributed by atoms with Gasteiger partial charge in [0.2, 0.25) is 11.7 Å². The van der Waals surface area contributed by atoms with Gasteiger partial charge in [0.15, 0.2) is 12.2 Å². The first-order chi connectivity index (χ1) is 26.5. The quantitative estimate of drug-likeness (QED) is 0.0508. The molecule has 2 heterocycles. The van der Waals surface area contributed by atoms with Crippen molar-refractivity contribution >= 4 is 42.5 Å². The van der Waals surface area contributed by atoms with Crippen molar-refractivity contribution in [1.29, 1.82) is 0 Å². The summed E-state index contributed by atoms with van der Waals surface area (Å²) in [6, 6.07) is -1.04. The van der Waals surface area contributed by atoms with E-state index >= 15 is 0 Å². The molecule has 2 aliphatic rings. The lowest BCUT2D eigenvalue weighted by atomic mass is 9.87. The van der Waals surface area contributed by atoms with Crippen LogP contribution in [0.3, 0.4) is 0 Å². The van der Waals surface area contributed by atoms with Crippen molar-refractivity contribution in [3.8, 4) is 0 Å². The van der Waals surface area contributed by atoms with Crippen LogP contribution in [0.4, 0.5) is 24.0 Å². The van der Waals surface area contributed by atoms with Crippen LogP contribution in [0, 0.1) is 5.92 Å². The maximum absolute atomic E-state index is 13.1. The van der Waals surface area contributed by atoms with Crippen molar-refractivity contribution in [2.75, 3.05) is 26.8 Å². The van der Waals surface area contributed by atoms with Gasteiger partial charge >= 0.3 is 36.5 Å². The van der Waals surface area contributed by atoms with Crippen LogP contribution < -0.4 is 21.3 Å². The summed E-state index contributed by atoms with van der Waals surface area (Å²) < 4.78 is 42.9. The number of hydrogen-bond acceptors (Lipinski definition) is 15. The number of hydrogen-bond donors (Lipinski definition) is 4. The van der Waals surface area contributed by atoms with Crippen LogP contribution in [-0.4, -0.2) is 110 Å². The number of cyclic esters (lactones) is 2. The van der Waals surface area contributed by atoms with Crippen LogP contribution >= 0.6 is 0 Å². The van der Waals surface area contributed by atoms with Gasteiger partial charge in [0.05, 0.1) is 13.2 Å². The SMILES string of the molecule is COC(=O)C1=C[C@H](N=C(NC(=O)OC(C)(C)C)NC(=O)OC(C)(C)C)[C@@H](C)C([C@H](OC(=O)NCCCCCCCCCNC(=O)OC(C)(C)C)[C@H]2COC(=O)O2)O1. The Hall–Kier alpha value is -4.97. The zero-order valence-corrected chi connectivity index (χ0v) is 35.2. The van der Waals surface area contributed by atoms with E-state index in [1.165, 1.54) is 6.08 Å². The number of methoxy groups -OCH3 is 1. The molecule has 19 nitrogen and oxygen atoms in total. The van der Waals surface area contributed by atoms with E-state index in [2.05, 4.69) is 26.3 Å². The molecule has 2 aliphatic heterocycles. The first kappa shape index (κ1) is 48.2. The normalized spacial score (nSPS) is 19.8. The van der Waals surface area contributed by atoms with E-state index in [1.807, 2.05) is 20.8 Å². The van der Waals surface area contributed by atoms with Gasteiger partial charge in [-0.25, -0.2) is 33.8 Å². The number of ether oxygens (including phenoxy) is 8. The molecule has 0 aromatic carbocycles. The number of unbranched alkanes of at least 4 members (excludes halogenated alkanes) is 6. The predicted molar refractivity (Wildman–Crippen MR) is 205 cm³/mol. The summed E-state index contributed by atoms with van der Waals surface area (Å²) in [7, 11) is 1.14. The van der Waals surface area contributed by atoms with E-state index in [0.717, 1.165) is 45.6 Å². The lowest BCUT2D eigenvalue weighted by Gasteiger charge is -2.38. The number of esters is 1. The third kappa shape index (κ3) is 19.6. The van der Waals surface area contributed by atoms with Crippen LogP contribution in [0.5, 0.6) is 0 Å². The highest BCUT2D eigenvalue weighted by Gasteiger charge is 2.48. The van der Waals surface area contributed by atoms with Crippen LogP contribution in [0.25, 0.3) is 0 Å². The molecule has 1 saturated heterocycles. The van der Waals surface area contributed by atoms with E-state index in [9.17, 15) is 28.8 Å². The fraction of sp³-hybridized carbons (Fsp3) is 0.763. The van der Waals surface area contributed by atoms with Gasteiger partial charge in [-0.2, -0.15) is 0 Å². The van der Waals surface area contributed by atoms with Gasteiger partial charge in [-0.05, 0) is 81.2 Å². The molecule has 1 fully saturated rings. The molecule has 4 amide bonds. The van der Waals surface area contributed by atoms with Crippen molar-refractivity contribution in [3.63, 3.8) is 0 Å². The molecule has 0 aromatic rings. The zero-order valence-electron chi connectivity index (χ0n) is 35.2. The van der Waals surface area contributed by atoms with Crippen LogP contribution in [-0.2, 0) is 42.7 Å². The van der Waals surface area contributed by atoms with Gasteiger partial charge in [-0.15, -0.1) is 0 Å². The summed E-state index contributed by atoms with van der Waals surface area (Å²) in [5.41, 5.74) is -2.33. The van der Waals surface area contributed by atoms with Crippen LogP contribution in [0.1, 0.15) is 114 Å². The molecule has 1 unspecified atom stereocenters. The fourth-order valence-corrected chi connectivity index (χ4v) is 5.43. The highest BCUT2D eigenvalue weighted by Crippen LogP contribution is 2.33. The summed E-state index contributed by atoms with van der Waals surface area (Å²) in [6.07, 6.45) is -0.189. The summed E-state index contributed by atoms with van der Waals surface area (Å²) in [5.74, 6) is -2.35. The molecule has 324 valence electrons. The first-order valence-electron chi connectivity index (χ1n) is 19.3. The number of rotatable bonds is 15. The minimum Gasteiger partial charge on any atom is -0.479 e. The second-order valence-corrected chi connectivity index (χ2v) is 16.6. The molecule has 0 spiro atoms. The Morgan fingerprint density at radius 1 is 0.737 bits per heavy atom. The van der Waals surface area contributed by atoms with Crippen LogP contribution in [0.2, 0.25) is 0 Å². The maximum Gasteiger partial charge on any atom is 0.508 e. The molecule has 5 atom stereocenters. The fourth-order valence-electron chi connectivity index (χ4n) is 5.43. The Morgan fingerprint density at radius 2 is 1.21 bits per heavy atom. The molecule has 4 N–H and O–H groups in total. The van der Waals surface area contributed by atoms with Crippen LogP contribution in [0.15, 0.2) is 16.8 Å². The van der Waals surface area contributed by atoms with E-state index in [-0.39, 0.29) is 18.3 Å². The molecule has 0 aromatic heterocycles. The molecule has 2 rings (SSSR count). The largest absolute Gasteiger partial charge is 0.508 e. The Kier molecular flexibility index (Phi) is 18.7. The molecule has 0 bridgehead atoms. The van der Waals surface area contributed by atoms with Gasteiger partial charge in [0.25, 0.3) is 0 Å². The Balaban J connectivity index is 2.12. The molecule has 57 heavy (non-hydrogen) atoms. The zero-order chi connectivity index (χ0) is 43.0. The van der Waals surface area contributed by atoms with Gasteiger partial charge in [0, 0.05) is 19.0 Å². The third-order valence-corrected chi connectivity index (χ3v) is 7.88. The van der Waals surface area contributed by atoms with E-state index in [1.54, 1.807) is 48.5 Å². The number of amides is 4. The summed E-state index contributed by atoms with van der Waals surface area (Å²) in [6.45, 7) is 17.6. The molecule has 19 heteroatoms. The number of alkyl carbamates (subject to hydrolysis) is 4. The molecular formula is C38H63N5O14. The van der Waals surface area contributed by atoms with Crippen molar-refractivity contribution in [2.45, 2.75) is 155 Å². The number of nitrogens with zero attached hydrogens (tertiary/aromatic N) is 1. The topological polar surface area (TPSA) is 237 Å². The smallest absolute Gasteiger partial charge is 0.479 e. The minimum atomic E-state index is -1.32. The van der Waals surface area contributed by atoms with E-state index in [0.29, 0.717) is 19.5 Å². The highest BCUT2D eigenvalue weighted by atomic mass is 16.8. The molecule has 0 aliphatic carbocycles. The van der Waals surface area contributed by atoms with Gasteiger partial charge < -0.3 is 48.5 Å². The first-order valence-corrected chi connectivity index (χ1v) is 19.3. The lowest BCUT2D eigenvalue weighted by molar-refractivity contribution is -0.147. The second kappa shape index (κ2) is 22.1. The Bertz CT molecular complexity index is 1410. The monoisotopic (exact) mass is 813 g/mol. The van der Waals surface area contributed by atoms with Gasteiger partial charge in [0.1, 0.15) is 29.5 Å². The standard InChI is InChI=1S/C38H63N5O14/c1-23-24(41-30(42-33(47)56-37(5,6)7)43-34(48)57-38(8,9)10)21-25(29(44)50-11)52-27(23)28(26-22-51-35(49)53-26)54-31(45)39-19-17-15-13-12-14-16-18-20-40-32(46)55-36(2,3)4/h21,23-24,26-28H,12-20,22H2,1-11H3,(H,39,45)(H,40,46)(H2,41,42,43,47,48)/t23-,24+,26-,27?,28-/m1/s1. The van der Waals surface area contributed by atoms with Crippen molar-refractivity contribution < 1.29 is 66.7 Å². The lowest BCUT2D eigenvalue weighted by Crippen LogP contribution is -2.53. The van der Waals surface area contributed by atoms with Gasteiger partial charge in [-0.1, -0.05) is 39.0 Å². The third-order valence-electron chi connectivity index (χ3n) is 7.88. The van der Waals surface area contributed by atoms with Crippen molar-refractivity contribution in [2.24, 2.45) is 10.9 Å². The number of aliphatic imine (C=N–C) groups is 1. The van der Waals surface area contributed by atoms with Crippen molar-refractivity contribution in [1.82, 2.24) is 21.3 Å². The number of carbonyl (C=O) groups excluding carboxylic acids is 6. The highest BCUT2D eigenvalue weighted by molar-refractivity contribution is 6.01. The van der Waals surface area contributed by atoms with E-state index in [4.69, 9.17) is 37.9 Å². The average Bonchev–Trinajstić information content (AvgIpc) is 3.49. The predicted octanol–water partition coefficient (Wildman–Crippen LogP) is 5.74. The molecule has 0 radical (unpaired) electrons. The van der Waals surface area contributed by atoms with Gasteiger partial charge in [-0.3, -0.25) is 10.6 Å². The van der Waals surface area contributed by atoms with Crippen molar-refractivity contribution in [3.05, 3.63) is 11.8 Å². The summed E-state index contributed by atoms with van der Waals surface area (Å²) in [5, 5.41) is 10.3. The van der Waals surface area contributed by atoms with E-state index < -0.39 is 83.6 Å². The summed E-state index contributed by atoms with van der Waals surface area (Å²) in [4.78, 5) is 79.8. The second-order valence-electron chi connectivity index (χ2n) is 16.6. The number of carbonyl (C=O) groups is 6.